The highest BCUT2D eigenvalue weighted by Gasteiger charge is 2.16. The second kappa shape index (κ2) is 6.92. The van der Waals surface area contributed by atoms with Crippen LogP contribution in [0.15, 0.2) is 10.6 Å². The lowest BCUT2D eigenvalue weighted by atomic mass is 9.89. The predicted molar refractivity (Wildman–Crippen MR) is 68.3 cm³/mol. The quantitative estimate of drug-likeness (QED) is 0.758. The van der Waals surface area contributed by atoms with E-state index in [1.807, 2.05) is 0 Å². The largest absolute Gasteiger partial charge is 0.359 e. The van der Waals surface area contributed by atoms with Crippen molar-refractivity contribution in [3.63, 3.8) is 0 Å². The maximum Gasteiger partial charge on any atom is 0.273 e. The van der Waals surface area contributed by atoms with Gasteiger partial charge in [-0.2, -0.15) is 0 Å². The lowest BCUT2D eigenvalue weighted by Crippen LogP contribution is -2.30. The van der Waals surface area contributed by atoms with Crippen molar-refractivity contribution in [3.8, 4) is 0 Å². The van der Waals surface area contributed by atoms with Gasteiger partial charge in [0.25, 0.3) is 5.91 Å². The van der Waals surface area contributed by atoms with Gasteiger partial charge in [0.2, 0.25) is 6.41 Å². The molecular formula is C13H19N3O3. The fourth-order valence-corrected chi connectivity index (χ4v) is 2.36. The Morgan fingerprint density at radius 3 is 2.95 bits per heavy atom. The SMILES string of the molecule is O=CNCc1cc(C(=O)NCC2CCCCC2)no1. The summed E-state index contributed by atoms with van der Waals surface area (Å²) in [7, 11) is 0. The molecular weight excluding hydrogens is 246 g/mol. The van der Waals surface area contributed by atoms with E-state index in [1.165, 1.54) is 32.1 Å². The van der Waals surface area contributed by atoms with Gasteiger partial charge in [-0.25, -0.2) is 0 Å². The number of nitrogens with zero attached hydrogens (tertiary/aromatic N) is 1. The van der Waals surface area contributed by atoms with Crippen molar-refractivity contribution in [2.24, 2.45) is 5.92 Å². The molecule has 6 nitrogen and oxygen atoms in total. The molecule has 1 saturated carbocycles. The summed E-state index contributed by atoms with van der Waals surface area (Å²) >= 11 is 0. The van der Waals surface area contributed by atoms with Crippen molar-refractivity contribution in [1.82, 2.24) is 15.8 Å². The van der Waals surface area contributed by atoms with Crippen LogP contribution in [0.25, 0.3) is 0 Å². The van der Waals surface area contributed by atoms with Gasteiger partial charge in [-0.3, -0.25) is 9.59 Å². The van der Waals surface area contributed by atoms with Gasteiger partial charge < -0.3 is 15.2 Å². The minimum Gasteiger partial charge on any atom is -0.359 e. The summed E-state index contributed by atoms with van der Waals surface area (Å²) < 4.78 is 4.95. The van der Waals surface area contributed by atoms with Gasteiger partial charge in [0, 0.05) is 12.6 Å². The Morgan fingerprint density at radius 2 is 2.21 bits per heavy atom. The number of amides is 2. The third-order valence-corrected chi connectivity index (χ3v) is 3.43. The number of hydrogen-bond donors (Lipinski definition) is 2. The molecule has 1 heterocycles. The Hall–Kier alpha value is -1.85. The van der Waals surface area contributed by atoms with Gasteiger partial charge in [-0.05, 0) is 18.8 Å². The zero-order valence-corrected chi connectivity index (χ0v) is 10.9. The second-order valence-electron chi connectivity index (χ2n) is 4.89. The maximum atomic E-state index is 11.9. The number of hydrogen-bond acceptors (Lipinski definition) is 4. The first-order valence-corrected chi connectivity index (χ1v) is 6.70. The summed E-state index contributed by atoms with van der Waals surface area (Å²) in [6.07, 6.45) is 6.77. The van der Waals surface area contributed by atoms with Gasteiger partial charge in [-0.1, -0.05) is 24.4 Å². The van der Waals surface area contributed by atoms with Crippen molar-refractivity contribution in [2.45, 2.75) is 38.6 Å². The molecule has 1 aromatic heterocycles. The van der Waals surface area contributed by atoms with Crippen molar-refractivity contribution in [3.05, 3.63) is 17.5 Å². The molecule has 2 N–H and O–H groups in total. The number of nitrogens with one attached hydrogen (secondary N) is 2. The van der Waals surface area contributed by atoms with Crippen molar-refractivity contribution in [1.29, 1.82) is 0 Å². The minimum atomic E-state index is -0.216. The Morgan fingerprint density at radius 1 is 1.42 bits per heavy atom. The van der Waals surface area contributed by atoms with Crippen LogP contribution in [-0.2, 0) is 11.3 Å². The van der Waals surface area contributed by atoms with Gasteiger partial charge in [-0.15, -0.1) is 0 Å². The van der Waals surface area contributed by atoms with Crippen LogP contribution in [0.4, 0.5) is 0 Å². The maximum absolute atomic E-state index is 11.9. The van der Waals surface area contributed by atoms with Crippen LogP contribution < -0.4 is 10.6 Å². The van der Waals surface area contributed by atoms with Crippen molar-refractivity contribution < 1.29 is 14.1 Å². The molecule has 0 unspecified atom stereocenters. The molecule has 0 atom stereocenters. The first kappa shape index (κ1) is 13.6. The van der Waals surface area contributed by atoms with Crippen LogP contribution >= 0.6 is 0 Å². The van der Waals surface area contributed by atoms with E-state index in [0.29, 0.717) is 24.6 Å². The molecule has 0 radical (unpaired) electrons. The highest BCUT2D eigenvalue weighted by molar-refractivity contribution is 5.92. The highest BCUT2D eigenvalue weighted by Crippen LogP contribution is 2.22. The van der Waals surface area contributed by atoms with Crippen LogP contribution in [0.3, 0.4) is 0 Å². The normalized spacial score (nSPS) is 16.0. The molecule has 2 amide bonds. The fraction of sp³-hybridized carbons (Fsp3) is 0.615. The molecule has 1 aromatic rings. The first-order valence-electron chi connectivity index (χ1n) is 6.70. The van der Waals surface area contributed by atoms with Gasteiger partial charge >= 0.3 is 0 Å². The molecule has 0 aliphatic heterocycles. The second-order valence-corrected chi connectivity index (χ2v) is 4.89. The zero-order valence-electron chi connectivity index (χ0n) is 10.9. The van der Waals surface area contributed by atoms with E-state index in [4.69, 9.17) is 4.52 Å². The molecule has 1 aliphatic carbocycles. The van der Waals surface area contributed by atoms with Gasteiger partial charge in [0.1, 0.15) is 0 Å². The number of carbonyl (C=O) groups is 2. The summed E-state index contributed by atoms with van der Waals surface area (Å²) in [6.45, 7) is 0.944. The summed E-state index contributed by atoms with van der Waals surface area (Å²) in [5, 5.41) is 9.03. The summed E-state index contributed by atoms with van der Waals surface area (Å²) in [6, 6.07) is 1.55. The molecule has 1 aliphatic rings. The minimum absolute atomic E-state index is 0.216. The van der Waals surface area contributed by atoms with E-state index in [1.54, 1.807) is 6.07 Å². The highest BCUT2D eigenvalue weighted by atomic mass is 16.5. The standard InChI is InChI=1S/C13H19N3O3/c17-9-14-8-11-6-12(16-19-11)13(18)15-7-10-4-2-1-3-5-10/h6,9-10H,1-5,7-8H2,(H,14,17)(H,15,18). The van der Waals surface area contributed by atoms with Crippen molar-refractivity contribution >= 4 is 12.3 Å². The molecule has 1 fully saturated rings. The van der Waals surface area contributed by atoms with Gasteiger partial charge in [0.15, 0.2) is 11.5 Å². The lowest BCUT2D eigenvalue weighted by molar-refractivity contribution is -0.109. The number of carbonyl (C=O) groups excluding carboxylic acids is 2. The topological polar surface area (TPSA) is 84.2 Å². The monoisotopic (exact) mass is 265 g/mol. The Kier molecular flexibility index (Phi) is 4.94. The average Bonchev–Trinajstić information content (AvgIpc) is 2.92. The van der Waals surface area contributed by atoms with E-state index in [-0.39, 0.29) is 18.1 Å². The summed E-state index contributed by atoms with van der Waals surface area (Å²) in [5.74, 6) is 0.836. The third-order valence-electron chi connectivity index (χ3n) is 3.43. The smallest absolute Gasteiger partial charge is 0.273 e. The lowest BCUT2D eigenvalue weighted by Gasteiger charge is -2.21. The van der Waals surface area contributed by atoms with Crippen LogP contribution in [-0.4, -0.2) is 24.0 Å². The van der Waals surface area contributed by atoms with Gasteiger partial charge in [0.05, 0.1) is 6.54 Å². The van der Waals surface area contributed by atoms with E-state index >= 15 is 0 Å². The van der Waals surface area contributed by atoms with Crippen LogP contribution in [0.1, 0.15) is 48.4 Å². The third kappa shape index (κ3) is 4.08. The predicted octanol–water partition coefficient (Wildman–Crippen LogP) is 1.23. The van der Waals surface area contributed by atoms with E-state index in [2.05, 4.69) is 15.8 Å². The first-order chi connectivity index (χ1) is 9.29. The van der Waals surface area contributed by atoms with E-state index in [9.17, 15) is 9.59 Å². The molecule has 0 aromatic carbocycles. The Bertz CT molecular complexity index is 425. The summed E-state index contributed by atoms with van der Waals surface area (Å²) in [4.78, 5) is 22.0. The van der Waals surface area contributed by atoms with E-state index < -0.39 is 0 Å². The van der Waals surface area contributed by atoms with Crippen LogP contribution in [0, 0.1) is 5.92 Å². The Labute approximate surface area is 111 Å². The van der Waals surface area contributed by atoms with Crippen LogP contribution in [0.5, 0.6) is 0 Å². The number of aromatic nitrogens is 1. The van der Waals surface area contributed by atoms with Crippen LogP contribution in [0.2, 0.25) is 0 Å². The Balaban J connectivity index is 1.78. The van der Waals surface area contributed by atoms with Crippen molar-refractivity contribution in [2.75, 3.05) is 6.54 Å². The van der Waals surface area contributed by atoms with E-state index in [0.717, 1.165) is 0 Å². The molecule has 104 valence electrons. The number of rotatable bonds is 6. The molecule has 19 heavy (non-hydrogen) atoms. The molecule has 2 rings (SSSR count). The summed E-state index contributed by atoms with van der Waals surface area (Å²) in [5.41, 5.74) is 0.263. The molecule has 6 heteroatoms. The fourth-order valence-electron chi connectivity index (χ4n) is 2.36. The molecule has 0 saturated heterocycles. The average molecular weight is 265 g/mol. The molecule has 0 bridgehead atoms. The zero-order chi connectivity index (χ0) is 13.5. The molecule has 0 spiro atoms.